The lowest BCUT2D eigenvalue weighted by molar-refractivity contribution is -0.133. The van der Waals surface area contributed by atoms with Crippen molar-refractivity contribution in [1.82, 2.24) is 4.98 Å². The second-order valence-corrected chi connectivity index (χ2v) is 4.11. The first-order chi connectivity index (χ1) is 9.60. The maximum absolute atomic E-state index is 12.0. The quantitative estimate of drug-likeness (QED) is 0.686. The Labute approximate surface area is 116 Å². The average Bonchev–Trinajstić information content (AvgIpc) is 2.85. The number of hydrogen-bond acceptors (Lipinski definition) is 4. The fourth-order valence-electron chi connectivity index (χ4n) is 2.04. The number of benzene rings is 1. The third-order valence-corrected chi connectivity index (χ3v) is 2.92. The fraction of sp³-hybridized carbons (Fsp3) is 0.200. The number of carbonyl (C=O) groups excluding carboxylic acids is 2. The van der Waals surface area contributed by atoms with Crippen LogP contribution >= 0.6 is 0 Å². The molecule has 0 amide bonds. The zero-order valence-corrected chi connectivity index (χ0v) is 11.4. The molecule has 0 fully saturated rings. The van der Waals surface area contributed by atoms with E-state index in [1.165, 1.54) is 7.11 Å². The third-order valence-electron chi connectivity index (χ3n) is 2.92. The lowest BCUT2D eigenvalue weighted by Gasteiger charge is -2.06. The Kier molecular flexibility index (Phi) is 3.89. The number of nitrogens with one attached hydrogen (secondary N) is 1. The molecule has 1 heterocycles. The van der Waals surface area contributed by atoms with Crippen molar-refractivity contribution in [2.24, 2.45) is 0 Å². The van der Waals surface area contributed by atoms with Crippen LogP contribution in [0, 0.1) is 0 Å². The van der Waals surface area contributed by atoms with Crippen molar-refractivity contribution in [3.63, 3.8) is 0 Å². The largest absolute Gasteiger partial charge is 0.465 e. The number of rotatable bonds is 4. The monoisotopic (exact) mass is 273 g/mol. The molecular formula is C15H15NO4. The van der Waals surface area contributed by atoms with Crippen LogP contribution in [0.2, 0.25) is 0 Å². The van der Waals surface area contributed by atoms with Crippen LogP contribution in [-0.4, -0.2) is 30.6 Å². The minimum absolute atomic E-state index is 0.119. The Bertz CT molecular complexity index is 684. The molecule has 0 saturated heterocycles. The van der Waals surface area contributed by atoms with E-state index in [1.54, 1.807) is 13.0 Å². The lowest BCUT2D eigenvalue weighted by Crippen LogP contribution is -2.10. The summed E-state index contributed by atoms with van der Waals surface area (Å²) in [7, 11) is 1.27. The number of para-hydroxylation sites is 1. The third kappa shape index (κ3) is 2.30. The number of ether oxygens (including phenoxy) is 2. The fourth-order valence-corrected chi connectivity index (χ4v) is 2.04. The van der Waals surface area contributed by atoms with Crippen molar-refractivity contribution in [2.45, 2.75) is 6.92 Å². The number of aromatic amines is 1. The van der Waals surface area contributed by atoms with Gasteiger partial charge in [0.15, 0.2) is 0 Å². The van der Waals surface area contributed by atoms with Gasteiger partial charge in [0, 0.05) is 16.5 Å². The molecule has 20 heavy (non-hydrogen) atoms. The van der Waals surface area contributed by atoms with Gasteiger partial charge in [0.2, 0.25) is 0 Å². The minimum atomic E-state index is -0.583. The average molecular weight is 273 g/mol. The van der Waals surface area contributed by atoms with Crippen LogP contribution in [0.25, 0.3) is 16.5 Å². The van der Waals surface area contributed by atoms with E-state index in [-0.39, 0.29) is 17.9 Å². The van der Waals surface area contributed by atoms with E-state index in [0.29, 0.717) is 5.56 Å². The highest BCUT2D eigenvalue weighted by Crippen LogP contribution is 2.29. The van der Waals surface area contributed by atoms with Gasteiger partial charge in [-0.2, -0.15) is 0 Å². The number of hydrogen-bond donors (Lipinski definition) is 1. The number of aromatic nitrogens is 1. The van der Waals surface area contributed by atoms with Crippen molar-refractivity contribution in [3.05, 3.63) is 42.1 Å². The van der Waals surface area contributed by atoms with Crippen molar-refractivity contribution >= 4 is 28.4 Å². The van der Waals surface area contributed by atoms with Crippen LogP contribution in [0.1, 0.15) is 23.0 Å². The first-order valence-electron chi connectivity index (χ1n) is 6.15. The van der Waals surface area contributed by atoms with Crippen LogP contribution in [0.4, 0.5) is 0 Å². The highest BCUT2D eigenvalue weighted by molar-refractivity contribution is 6.22. The van der Waals surface area contributed by atoms with Gasteiger partial charge in [-0.1, -0.05) is 24.8 Å². The summed E-state index contributed by atoms with van der Waals surface area (Å²) >= 11 is 0. The zero-order chi connectivity index (χ0) is 14.7. The number of H-pyrrole nitrogens is 1. The van der Waals surface area contributed by atoms with E-state index in [1.807, 2.05) is 18.2 Å². The SMILES string of the molecule is C=C(C(=O)OC)c1c(C(=O)OCC)[nH]c2ccccc12. The maximum Gasteiger partial charge on any atom is 0.355 e. The van der Waals surface area contributed by atoms with E-state index >= 15 is 0 Å². The molecule has 0 aliphatic heterocycles. The molecule has 5 nitrogen and oxygen atoms in total. The summed E-state index contributed by atoms with van der Waals surface area (Å²) in [6.07, 6.45) is 0. The topological polar surface area (TPSA) is 68.4 Å². The second-order valence-electron chi connectivity index (χ2n) is 4.11. The predicted octanol–water partition coefficient (Wildman–Crippen LogP) is 2.53. The highest BCUT2D eigenvalue weighted by Gasteiger charge is 2.24. The van der Waals surface area contributed by atoms with E-state index in [0.717, 1.165) is 10.9 Å². The molecule has 0 unspecified atom stereocenters. The summed E-state index contributed by atoms with van der Waals surface area (Å²) in [6, 6.07) is 7.27. The Morgan fingerprint density at radius 1 is 1.30 bits per heavy atom. The van der Waals surface area contributed by atoms with Gasteiger partial charge in [0.25, 0.3) is 0 Å². The van der Waals surface area contributed by atoms with Gasteiger partial charge >= 0.3 is 11.9 Å². The zero-order valence-electron chi connectivity index (χ0n) is 11.4. The van der Waals surface area contributed by atoms with Crippen molar-refractivity contribution < 1.29 is 19.1 Å². The van der Waals surface area contributed by atoms with E-state index < -0.39 is 11.9 Å². The van der Waals surface area contributed by atoms with Gasteiger partial charge in [0.1, 0.15) is 5.69 Å². The highest BCUT2D eigenvalue weighted by atomic mass is 16.5. The minimum Gasteiger partial charge on any atom is -0.465 e. The molecule has 0 radical (unpaired) electrons. The summed E-state index contributed by atoms with van der Waals surface area (Å²) in [5, 5.41) is 0.728. The van der Waals surface area contributed by atoms with Gasteiger partial charge in [0.05, 0.1) is 19.3 Å². The number of fused-ring (bicyclic) bond motifs is 1. The molecule has 0 atom stereocenters. The van der Waals surface area contributed by atoms with Crippen molar-refractivity contribution in [3.8, 4) is 0 Å². The molecular weight excluding hydrogens is 258 g/mol. The molecule has 2 aromatic rings. The van der Waals surface area contributed by atoms with Gasteiger partial charge < -0.3 is 14.5 Å². The Hall–Kier alpha value is -2.56. The molecule has 0 aliphatic rings. The Balaban J connectivity index is 2.64. The van der Waals surface area contributed by atoms with E-state index in [2.05, 4.69) is 16.3 Å². The summed E-state index contributed by atoms with van der Waals surface area (Å²) < 4.78 is 9.67. The van der Waals surface area contributed by atoms with E-state index in [9.17, 15) is 9.59 Å². The predicted molar refractivity (Wildman–Crippen MR) is 75.3 cm³/mol. The Morgan fingerprint density at radius 2 is 2.00 bits per heavy atom. The Morgan fingerprint density at radius 3 is 2.65 bits per heavy atom. The molecule has 2 rings (SSSR count). The maximum atomic E-state index is 12.0. The molecule has 1 aromatic carbocycles. The van der Waals surface area contributed by atoms with Gasteiger partial charge in [-0.05, 0) is 13.0 Å². The van der Waals surface area contributed by atoms with Gasteiger partial charge in [-0.15, -0.1) is 0 Å². The first-order valence-corrected chi connectivity index (χ1v) is 6.15. The van der Waals surface area contributed by atoms with Crippen LogP contribution in [0.3, 0.4) is 0 Å². The van der Waals surface area contributed by atoms with Crippen LogP contribution in [0.15, 0.2) is 30.8 Å². The van der Waals surface area contributed by atoms with Gasteiger partial charge in [-0.25, -0.2) is 9.59 Å². The molecule has 0 spiro atoms. The number of esters is 2. The summed E-state index contributed by atoms with van der Waals surface area (Å²) in [5.74, 6) is -1.11. The number of carbonyl (C=O) groups is 2. The van der Waals surface area contributed by atoms with Crippen LogP contribution in [-0.2, 0) is 14.3 Å². The van der Waals surface area contributed by atoms with Gasteiger partial charge in [-0.3, -0.25) is 0 Å². The normalized spacial score (nSPS) is 10.3. The molecule has 1 N–H and O–H groups in total. The molecule has 1 aromatic heterocycles. The molecule has 104 valence electrons. The molecule has 0 aliphatic carbocycles. The van der Waals surface area contributed by atoms with Crippen LogP contribution in [0.5, 0.6) is 0 Å². The molecule has 5 heteroatoms. The smallest absolute Gasteiger partial charge is 0.355 e. The van der Waals surface area contributed by atoms with Crippen molar-refractivity contribution in [2.75, 3.05) is 13.7 Å². The second kappa shape index (κ2) is 5.61. The standard InChI is InChI=1S/C15H15NO4/c1-4-20-15(18)13-12(9(2)14(17)19-3)10-7-5-6-8-11(10)16-13/h5-8,16H,2,4H2,1,3H3. The first kappa shape index (κ1) is 13.9. The summed E-state index contributed by atoms with van der Waals surface area (Å²) in [4.78, 5) is 26.7. The lowest BCUT2D eigenvalue weighted by atomic mass is 10.0. The van der Waals surface area contributed by atoms with E-state index in [4.69, 9.17) is 4.74 Å². The summed E-state index contributed by atoms with van der Waals surface area (Å²) in [6.45, 7) is 5.68. The number of methoxy groups -OCH3 is 1. The summed E-state index contributed by atoms with van der Waals surface area (Å²) in [5.41, 5.74) is 1.48. The van der Waals surface area contributed by atoms with Crippen molar-refractivity contribution in [1.29, 1.82) is 0 Å². The molecule has 0 bridgehead atoms. The van der Waals surface area contributed by atoms with Crippen LogP contribution < -0.4 is 0 Å². The molecule has 0 saturated carbocycles.